The van der Waals surface area contributed by atoms with E-state index >= 15 is 0 Å². The third-order valence-corrected chi connectivity index (χ3v) is 3.17. The number of nitrogens with zero attached hydrogens (tertiary/aromatic N) is 3. The molecule has 2 heterocycles. The monoisotopic (exact) mass is 281 g/mol. The lowest BCUT2D eigenvalue weighted by molar-refractivity contribution is 0.0120. The van der Waals surface area contributed by atoms with E-state index in [1.54, 1.807) is 15.6 Å². The number of aromatic nitrogens is 2. The van der Waals surface area contributed by atoms with Gasteiger partial charge in [-0.3, -0.25) is 9.58 Å². The van der Waals surface area contributed by atoms with Crippen LogP contribution in [-0.2, 0) is 11.3 Å². The summed E-state index contributed by atoms with van der Waals surface area (Å²) in [5.41, 5.74) is 0.420. The van der Waals surface area contributed by atoms with Gasteiger partial charge < -0.3 is 14.8 Å². The van der Waals surface area contributed by atoms with E-state index in [0.717, 1.165) is 5.69 Å². The van der Waals surface area contributed by atoms with E-state index < -0.39 is 12.7 Å². The van der Waals surface area contributed by atoms with Crippen molar-refractivity contribution in [1.29, 1.82) is 0 Å². The third-order valence-electron chi connectivity index (χ3n) is 3.17. The van der Waals surface area contributed by atoms with Crippen LogP contribution in [0.3, 0.4) is 0 Å². The lowest BCUT2D eigenvalue weighted by atomic mass is 9.86. The van der Waals surface area contributed by atoms with Crippen molar-refractivity contribution in [3.63, 3.8) is 0 Å². The predicted molar refractivity (Wildman–Crippen MR) is 73.4 cm³/mol. The Morgan fingerprint density at radius 1 is 1.45 bits per heavy atom. The van der Waals surface area contributed by atoms with E-state index in [2.05, 4.69) is 5.10 Å². The van der Waals surface area contributed by atoms with E-state index in [1.165, 1.54) is 0 Å². The fourth-order valence-electron chi connectivity index (χ4n) is 2.22. The summed E-state index contributed by atoms with van der Waals surface area (Å²) in [7, 11) is -1.60. The standard InChI is InChI=1S/C12H20BN3O4/c1-8-9-7-10(13(18)19)14-16(9)6-5-15(8)11(17)20-12(2,3)4/h7-8,18-19H,5-6H2,1-4H3/t8-/m1/s1. The molecule has 0 bridgehead atoms. The van der Waals surface area contributed by atoms with Gasteiger partial charge in [-0.2, -0.15) is 5.10 Å². The van der Waals surface area contributed by atoms with Crippen LogP contribution in [0.5, 0.6) is 0 Å². The van der Waals surface area contributed by atoms with Crippen molar-refractivity contribution >= 4 is 18.8 Å². The van der Waals surface area contributed by atoms with Gasteiger partial charge in [0.25, 0.3) is 0 Å². The Bertz CT molecular complexity index is 509. The second-order valence-corrected chi connectivity index (χ2v) is 5.94. The van der Waals surface area contributed by atoms with Gasteiger partial charge in [-0.15, -0.1) is 0 Å². The smallest absolute Gasteiger partial charge is 0.444 e. The maximum absolute atomic E-state index is 12.1. The molecule has 1 aromatic rings. The summed E-state index contributed by atoms with van der Waals surface area (Å²) in [6.45, 7) is 8.32. The van der Waals surface area contributed by atoms with Crippen LogP contribution in [0.25, 0.3) is 0 Å². The summed E-state index contributed by atoms with van der Waals surface area (Å²) in [6.07, 6.45) is -0.372. The Balaban J connectivity index is 2.19. The molecule has 0 unspecified atom stereocenters. The molecule has 1 aromatic heterocycles. The molecular formula is C12H20BN3O4. The molecule has 0 fully saturated rings. The van der Waals surface area contributed by atoms with Crippen molar-refractivity contribution in [2.24, 2.45) is 0 Å². The van der Waals surface area contributed by atoms with Gasteiger partial charge in [0.15, 0.2) is 0 Å². The first-order valence-electron chi connectivity index (χ1n) is 6.62. The van der Waals surface area contributed by atoms with E-state index in [1.807, 2.05) is 27.7 Å². The first-order chi connectivity index (χ1) is 9.19. The van der Waals surface area contributed by atoms with E-state index in [9.17, 15) is 4.79 Å². The summed E-state index contributed by atoms with van der Waals surface area (Å²) in [4.78, 5) is 13.8. The predicted octanol–water partition coefficient (Wildman–Crippen LogP) is -0.125. The third kappa shape index (κ3) is 2.96. The molecule has 0 saturated carbocycles. The van der Waals surface area contributed by atoms with E-state index in [0.29, 0.717) is 13.1 Å². The van der Waals surface area contributed by atoms with Gasteiger partial charge in [-0.1, -0.05) is 0 Å². The average molecular weight is 281 g/mol. The number of amides is 1. The van der Waals surface area contributed by atoms with Gasteiger partial charge in [0.2, 0.25) is 0 Å². The van der Waals surface area contributed by atoms with Gasteiger partial charge in [0.05, 0.1) is 23.9 Å². The molecular weight excluding hydrogens is 261 g/mol. The van der Waals surface area contributed by atoms with Gasteiger partial charge in [0.1, 0.15) is 5.60 Å². The highest BCUT2D eigenvalue weighted by atomic mass is 16.6. The fraction of sp³-hybridized carbons (Fsp3) is 0.667. The van der Waals surface area contributed by atoms with Gasteiger partial charge in [-0.05, 0) is 33.8 Å². The number of hydrogen-bond donors (Lipinski definition) is 2. The summed E-state index contributed by atoms with van der Waals surface area (Å²) in [6, 6.07) is 1.38. The number of hydrogen-bond acceptors (Lipinski definition) is 5. The molecule has 7 nitrogen and oxygen atoms in total. The van der Waals surface area contributed by atoms with E-state index in [4.69, 9.17) is 14.8 Å². The molecule has 1 atom stereocenters. The SMILES string of the molecule is C[C@@H]1c2cc(B(O)O)nn2CCN1C(=O)OC(C)(C)C. The maximum Gasteiger partial charge on any atom is 0.510 e. The van der Waals surface area contributed by atoms with Crippen LogP contribution in [0, 0.1) is 0 Å². The van der Waals surface area contributed by atoms with Crippen molar-refractivity contribution in [3.05, 3.63) is 11.8 Å². The molecule has 2 N–H and O–H groups in total. The van der Waals surface area contributed by atoms with Crippen molar-refractivity contribution in [3.8, 4) is 0 Å². The second kappa shape index (κ2) is 5.10. The molecule has 0 aromatic carbocycles. The number of fused-ring (bicyclic) bond motifs is 1. The van der Waals surface area contributed by atoms with Crippen molar-refractivity contribution in [2.75, 3.05) is 6.54 Å². The maximum atomic E-state index is 12.1. The Morgan fingerprint density at radius 3 is 2.65 bits per heavy atom. The second-order valence-electron chi connectivity index (χ2n) is 5.94. The molecule has 0 saturated heterocycles. The van der Waals surface area contributed by atoms with Crippen molar-refractivity contribution < 1.29 is 19.6 Å². The van der Waals surface area contributed by atoms with Crippen LogP contribution in [0.15, 0.2) is 6.07 Å². The number of carbonyl (C=O) groups is 1. The summed E-state index contributed by atoms with van der Waals surface area (Å²) in [5, 5.41) is 22.4. The van der Waals surface area contributed by atoms with Crippen LogP contribution in [0.4, 0.5) is 4.79 Å². The van der Waals surface area contributed by atoms with Crippen LogP contribution >= 0.6 is 0 Å². The summed E-state index contributed by atoms with van der Waals surface area (Å²) < 4.78 is 7.07. The fourth-order valence-corrected chi connectivity index (χ4v) is 2.22. The highest BCUT2D eigenvalue weighted by molar-refractivity contribution is 6.57. The van der Waals surface area contributed by atoms with Crippen LogP contribution < -0.4 is 5.59 Å². The molecule has 1 amide bonds. The van der Waals surface area contributed by atoms with Crippen LogP contribution in [0.2, 0.25) is 0 Å². The highest BCUT2D eigenvalue weighted by Gasteiger charge is 2.33. The summed E-state index contributed by atoms with van der Waals surface area (Å²) in [5.74, 6) is 0. The minimum atomic E-state index is -1.60. The Labute approximate surface area is 118 Å². The van der Waals surface area contributed by atoms with Gasteiger partial charge in [-0.25, -0.2) is 4.79 Å². The molecule has 0 radical (unpaired) electrons. The van der Waals surface area contributed by atoms with Crippen molar-refractivity contribution in [2.45, 2.75) is 45.9 Å². The minimum absolute atomic E-state index is 0.192. The topological polar surface area (TPSA) is 87.8 Å². The summed E-state index contributed by atoms with van der Waals surface area (Å²) >= 11 is 0. The molecule has 8 heteroatoms. The highest BCUT2D eigenvalue weighted by Crippen LogP contribution is 2.25. The van der Waals surface area contributed by atoms with Gasteiger partial charge >= 0.3 is 13.2 Å². The largest absolute Gasteiger partial charge is 0.510 e. The lowest BCUT2D eigenvalue weighted by Gasteiger charge is -2.35. The zero-order valence-electron chi connectivity index (χ0n) is 12.2. The molecule has 1 aliphatic rings. The number of carbonyl (C=O) groups excluding carboxylic acids is 1. The first kappa shape index (κ1) is 14.9. The Morgan fingerprint density at radius 2 is 2.10 bits per heavy atom. The Kier molecular flexibility index (Phi) is 3.79. The lowest BCUT2D eigenvalue weighted by Crippen LogP contribution is -2.43. The number of rotatable bonds is 1. The molecule has 1 aliphatic heterocycles. The Hall–Kier alpha value is -1.54. The van der Waals surface area contributed by atoms with Crippen LogP contribution in [-0.4, -0.2) is 50.1 Å². The number of ether oxygens (including phenoxy) is 1. The zero-order chi connectivity index (χ0) is 15.1. The normalized spacial score (nSPS) is 18.7. The van der Waals surface area contributed by atoms with E-state index in [-0.39, 0.29) is 17.7 Å². The van der Waals surface area contributed by atoms with Gasteiger partial charge in [0, 0.05) is 6.54 Å². The molecule has 0 spiro atoms. The zero-order valence-corrected chi connectivity index (χ0v) is 12.2. The molecule has 2 rings (SSSR count). The average Bonchev–Trinajstić information content (AvgIpc) is 2.71. The molecule has 20 heavy (non-hydrogen) atoms. The first-order valence-corrected chi connectivity index (χ1v) is 6.62. The molecule has 110 valence electrons. The quantitative estimate of drug-likeness (QED) is 0.700. The van der Waals surface area contributed by atoms with Crippen LogP contribution in [0.1, 0.15) is 39.4 Å². The minimum Gasteiger partial charge on any atom is -0.444 e. The van der Waals surface area contributed by atoms with Crippen molar-refractivity contribution in [1.82, 2.24) is 14.7 Å². The molecule has 0 aliphatic carbocycles.